The number of nitrogens with zero attached hydrogens (tertiary/aromatic N) is 1. The highest BCUT2D eigenvalue weighted by molar-refractivity contribution is 6.39. The third-order valence-electron chi connectivity index (χ3n) is 3.18. The van der Waals surface area contributed by atoms with Crippen LogP contribution in [0.2, 0.25) is 10.0 Å². The SMILES string of the molecule is CN(CCOc1cccc(F)c1)CC(=O)Nc1c(Cl)cccc1Cl. The molecule has 0 bridgehead atoms. The van der Waals surface area contributed by atoms with Crippen LogP contribution in [0.15, 0.2) is 42.5 Å². The molecule has 2 aromatic carbocycles. The minimum Gasteiger partial charge on any atom is -0.492 e. The minimum absolute atomic E-state index is 0.147. The van der Waals surface area contributed by atoms with Gasteiger partial charge >= 0.3 is 0 Å². The van der Waals surface area contributed by atoms with Gasteiger partial charge in [-0.3, -0.25) is 9.69 Å². The smallest absolute Gasteiger partial charge is 0.238 e. The number of carbonyl (C=O) groups excluding carboxylic acids is 1. The summed E-state index contributed by atoms with van der Waals surface area (Å²) in [6.07, 6.45) is 0. The zero-order valence-corrected chi connectivity index (χ0v) is 14.6. The number of carbonyl (C=O) groups is 1. The molecule has 4 nitrogen and oxygen atoms in total. The third-order valence-corrected chi connectivity index (χ3v) is 3.81. The second-order valence-electron chi connectivity index (χ2n) is 5.19. The summed E-state index contributed by atoms with van der Waals surface area (Å²) >= 11 is 12.0. The maximum atomic E-state index is 13.0. The quantitative estimate of drug-likeness (QED) is 0.798. The van der Waals surface area contributed by atoms with Crippen LogP contribution in [0.1, 0.15) is 0 Å². The maximum absolute atomic E-state index is 13.0. The molecule has 24 heavy (non-hydrogen) atoms. The zero-order chi connectivity index (χ0) is 17.5. The Morgan fingerprint density at radius 3 is 2.54 bits per heavy atom. The molecule has 1 N–H and O–H groups in total. The molecule has 0 heterocycles. The Labute approximate surface area is 150 Å². The van der Waals surface area contributed by atoms with Crippen molar-refractivity contribution in [3.63, 3.8) is 0 Å². The van der Waals surface area contributed by atoms with E-state index in [2.05, 4.69) is 5.32 Å². The lowest BCUT2D eigenvalue weighted by molar-refractivity contribution is -0.117. The average molecular weight is 371 g/mol. The molecule has 0 unspecified atom stereocenters. The molecule has 0 aromatic heterocycles. The van der Waals surface area contributed by atoms with E-state index < -0.39 is 0 Å². The molecular formula is C17H17Cl2FN2O2. The lowest BCUT2D eigenvalue weighted by atomic mass is 10.3. The van der Waals surface area contributed by atoms with Gasteiger partial charge in [0.25, 0.3) is 0 Å². The first-order valence-corrected chi connectivity index (χ1v) is 8.02. The van der Waals surface area contributed by atoms with Gasteiger partial charge in [0.15, 0.2) is 0 Å². The second kappa shape index (κ2) is 8.87. The van der Waals surface area contributed by atoms with E-state index in [0.717, 1.165) is 0 Å². The molecule has 128 valence electrons. The Balaban J connectivity index is 1.77. The van der Waals surface area contributed by atoms with Gasteiger partial charge < -0.3 is 10.1 Å². The molecule has 0 spiro atoms. The van der Waals surface area contributed by atoms with Crippen molar-refractivity contribution < 1.29 is 13.9 Å². The summed E-state index contributed by atoms with van der Waals surface area (Å²) in [5.41, 5.74) is 0.398. The van der Waals surface area contributed by atoms with Crippen molar-refractivity contribution in [1.29, 1.82) is 0 Å². The van der Waals surface area contributed by atoms with Crippen molar-refractivity contribution in [2.75, 3.05) is 32.1 Å². The van der Waals surface area contributed by atoms with E-state index in [0.29, 0.717) is 34.6 Å². The van der Waals surface area contributed by atoms with Crippen LogP contribution >= 0.6 is 23.2 Å². The predicted octanol–water partition coefficient (Wildman–Crippen LogP) is 4.08. The number of ether oxygens (including phenoxy) is 1. The second-order valence-corrected chi connectivity index (χ2v) is 6.00. The number of amides is 1. The number of hydrogen-bond donors (Lipinski definition) is 1. The predicted molar refractivity (Wildman–Crippen MR) is 94.5 cm³/mol. The number of likely N-dealkylation sites (N-methyl/N-ethyl adjacent to an activating group) is 1. The molecule has 0 aliphatic carbocycles. The largest absolute Gasteiger partial charge is 0.492 e. The first kappa shape index (κ1) is 18.5. The van der Waals surface area contributed by atoms with Crippen LogP contribution in [0.3, 0.4) is 0 Å². The highest BCUT2D eigenvalue weighted by Gasteiger charge is 2.11. The van der Waals surface area contributed by atoms with E-state index in [4.69, 9.17) is 27.9 Å². The highest BCUT2D eigenvalue weighted by atomic mass is 35.5. The summed E-state index contributed by atoms with van der Waals surface area (Å²) in [4.78, 5) is 13.8. The molecule has 1 amide bonds. The van der Waals surface area contributed by atoms with E-state index in [-0.39, 0.29) is 18.3 Å². The Morgan fingerprint density at radius 1 is 1.21 bits per heavy atom. The molecule has 0 saturated carbocycles. The van der Waals surface area contributed by atoms with Gasteiger partial charge in [-0.15, -0.1) is 0 Å². The minimum atomic E-state index is -0.350. The van der Waals surface area contributed by atoms with Gasteiger partial charge in [0.05, 0.1) is 22.3 Å². The number of benzene rings is 2. The summed E-state index contributed by atoms with van der Waals surface area (Å²) in [5, 5.41) is 3.45. The van der Waals surface area contributed by atoms with E-state index >= 15 is 0 Å². The zero-order valence-electron chi connectivity index (χ0n) is 13.1. The fourth-order valence-electron chi connectivity index (χ4n) is 2.00. The van der Waals surface area contributed by atoms with E-state index in [1.165, 1.54) is 12.1 Å². The van der Waals surface area contributed by atoms with Gasteiger partial charge in [0.1, 0.15) is 18.2 Å². The standard InChI is InChI=1S/C17H17Cl2FN2O2/c1-22(8-9-24-13-5-2-4-12(20)10-13)11-16(23)21-17-14(18)6-3-7-15(17)19/h2-7,10H,8-9,11H2,1H3,(H,21,23). The lowest BCUT2D eigenvalue weighted by Crippen LogP contribution is -2.33. The molecule has 0 aliphatic heterocycles. The van der Waals surface area contributed by atoms with Crippen LogP contribution in [-0.4, -0.2) is 37.6 Å². The van der Waals surface area contributed by atoms with Crippen LogP contribution in [0, 0.1) is 5.82 Å². The van der Waals surface area contributed by atoms with Crippen molar-refractivity contribution in [2.45, 2.75) is 0 Å². The molecule has 0 fully saturated rings. The summed E-state index contributed by atoms with van der Waals surface area (Å²) in [7, 11) is 1.78. The molecule has 0 saturated heterocycles. The van der Waals surface area contributed by atoms with Crippen molar-refractivity contribution in [3.8, 4) is 5.75 Å². The summed E-state index contributed by atoms with van der Waals surface area (Å²) < 4.78 is 18.5. The highest BCUT2D eigenvalue weighted by Crippen LogP contribution is 2.29. The summed E-state index contributed by atoms with van der Waals surface area (Å²) in [6.45, 7) is 0.980. The molecule has 2 aromatic rings. The van der Waals surface area contributed by atoms with Gasteiger partial charge in [0, 0.05) is 12.6 Å². The molecule has 0 aliphatic rings. The third kappa shape index (κ3) is 5.67. The van der Waals surface area contributed by atoms with Crippen molar-refractivity contribution in [1.82, 2.24) is 4.90 Å². The molecule has 0 atom stereocenters. The number of nitrogens with one attached hydrogen (secondary N) is 1. The monoisotopic (exact) mass is 370 g/mol. The number of hydrogen-bond acceptors (Lipinski definition) is 3. The fraction of sp³-hybridized carbons (Fsp3) is 0.235. The van der Waals surface area contributed by atoms with Crippen molar-refractivity contribution in [2.24, 2.45) is 0 Å². The Kier molecular flexibility index (Phi) is 6.85. The van der Waals surface area contributed by atoms with Crippen LogP contribution in [0.4, 0.5) is 10.1 Å². The first-order chi connectivity index (χ1) is 11.5. The Morgan fingerprint density at radius 2 is 1.88 bits per heavy atom. The van der Waals surface area contributed by atoms with Crippen LogP contribution in [0.5, 0.6) is 5.75 Å². The molecular weight excluding hydrogens is 354 g/mol. The number of rotatable bonds is 7. The van der Waals surface area contributed by atoms with Crippen molar-refractivity contribution >= 4 is 34.8 Å². The number of para-hydroxylation sites is 1. The summed E-state index contributed by atoms with van der Waals surface area (Å²) in [6, 6.07) is 10.9. The van der Waals surface area contributed by atoms with E-state index in [9.17, 15) is 9.18 Å². The van der Waals surface area contributed by atoms with Gasteiger partial charge in [-0.1, -0.05) is 35.3 Å². The topological polar surface area (TPSA) is 41.6 Å². The molecule has 2 rings (SSSR count). The van der Waals surface area contributed by atoms with Crippen molar-refractivity contribution in [3.05, 3.63) is 58.3 Å². The van der Waals surface area contributed by atoms with Crippen LogP contribution in [0.25, 0.3) is 0 Å². The fourth-order valence-corrected chi connectivity index (χ4v) is 2.49. The Bertz CT molecular complexity index is 692. The van der Waals surface area contributed by atoms with E-state index in [1.54, 1.807) is 42.3 Å². The number of anilines is 1. The first-order valence-electron chi connectivity index (χ1n) is 7.26. The molecule has 0 radical (unpaired) electrons. The normalized spacial score (nSPS) is 10.7. The lowest BCUT2D eigenvalue weighted by Gasteiger charge is -2.17. The van der Waals surface area contributed by atoms with Gasteiger partial charge in [-0.25, -0.2) is 4.39 Å². The van der Waals surface area contributed by atoms with E-state index in [1.807, 2.05) is 0 Å². The average Bonchev–Trinajstić information content (AvgIpc) is 2.51. The van der Waals surface area contributed by atoms with Crippen LogP contribution in [-0.2, 0) is 4.79 Å². The van der Waals surface area contributed by atoms with Gasteiger partial charge in [0.2, 0.25) is 5.91 Å². The van der Waals surface area contributed by atoms with Crippen LogP contribution < -0.4 is 10.1 Å². The number of halogens is 3. The maximum Gasteiger partial charge on any atom is 0.238 e. The molecule has 7 heteroatoms. The Hall–Kier alpha value is -1.82. The van der Waals surface area contributed by atoms with Gasteiger partial charge in [-0.2, -0.15) is 0 Å². The van der Waals surface area contributed by atoms with Gasteiger partial charge in [-0.05, 0) is 31.3 Å². The summed E-state index contributed by atoms with van der Waals surface area (Å²) in [5.74, 6) is -0.134.